The van der Waals surface area contributed by atoms with E-state index in [2.05, 4.69) is 4.98 Å². The van der Waals surface area contributed by atoms with Crippen LogP contribution in [0.4, 0.5) is 0 Å². The van der Waals surface area contributed by atoms with Crippen molar-refractivity contribution in [3.63, 3.8) is 0 Å². The molecule has 2 aromatic rings. The summed E-state index contributed by atoms with van der Waals surface area (Å²) in [6.07, 6.45) is 1.48. The summed E-state index contributed by atoms with van der Waals surface area (Å²) in [5, 5.41) is 1.12. The van der Waals surface area contributed by atoms with Gasteiger partial charge in [-0.05, 0) is 18.2 Å². The van der Waals surface area contributed by atoms with Crippen molar-refractivity contribution in [1.82, 2.24) is 4.98 Å². The van der Waals surface area contributed by atoms with Crippen LogP contribution in [0.25, 0.3) is 10.8 Å². The zero-order valence-corrected chi connectivity index (χ0v) is 9.92. The summed E-state index contributed by atoms with van der Waals surface area (Å²) in [5.41, 5.74) is 0. The number of rotatable bonds is 2. The normalized spacial score (nSPS) is 11.6. The summed E-state index contributed by atoms with van der Waals surface area (Å²) in [7, 11) is 3.05. The van der Waals surface area contributed by atoms with Crippen LogP contribution in [0.15, 0.2) is 35.4 Å². The number of fused-ring (bicyclic) bond motifs is 1. The van der Waals surface area contributed by atoms with Crippen LogP contribution in [0.5, 0.6) is 5.88 Å². The molecule has 0 spiro atoms. The fourth-order valence-electron chi connectivity index (χ4n) is 1.53. The van der Waals surface area contributed by atoms with Gasteiger partial charge in [-0.15, -0.1) is 0 Å². The first kappa shape index (κ1) is 11.2. The van der Waals surface area contributed by atoms with Crippen LogP contribution < -0.4 is 4.74 Å². The quantitative estimate of drug-likeness (QED) is 0.774. The second-order valence-corrected chi connectivity index (χ2v) is 5.64. The average Bonchev–Trinajstić information content (AvgIpc) is 2.26. The van der Waals surface area contributed by atoms with Crippen LogP contribution in [0, 0.1) is 0 Å². The van der Waals surface area contributed by atoms with Crippen LogP contribution in [0.2, 0.25) is 0 Å². The van der Waals surface area contributed by atoms with Gasteiger partial charge in [0.1, 0.15) is 0 Å². The zero-order valence-electron chi connectivity index (χ0n) is 8.34. The van der Waals surface area contributed by atoms with E-state index in [0.29, 0.717) is 16.7 Å². The first-order valence-electron chi connectivity index (χ1n) is 4.40. The Morgan fingerprint density at radius 1 is 1.25 bits per heavy atom. The van der Waals surface area contributed by atoms with Gasteiger partial charge in [0.15, 0.2) is 0 Å². The van der Waals surface area contributed by atoms with Crippen molar-refractivity contribution in [2.75, 3.05) is 7.11 Å². The molecule has 84 valence electrons. The lowest BCUT2D eigenvalue weighted by molar-refractivity contribution is 0.403. The van der Waals surface area contributed by atoms with E-state index in [1.165, 1.54) is 19.4 Å². The number of ether oxygens (including phenoxy) is 1. The van der Waals surface area contributed by atoms with Gasteiger partial charge < -0.3 is 4.74 Å². The van der Waals surface area contributed by atoms with E-state index in [1.54, 1.807) is 18.2 Å². The molecule has 0 aliphatic heterocycles. The van der Waals surface area contributed by atoms with Crippen molar-refractivity contribution >= 4 is 30.5 Å². The molecule has 6 heteroatoms. The largest absolute Gasteiger partial charge is 0.481 e. The Morgan fingerprint density at radius 2 is 2.00 bits per heavy atom. The van der Waals surface area contributed by atoms with Gasteiger partial charge in [-0.25, -0.2) is 13.4 Å². The minimum atomic E-state index is -3.77. The van der Waals surface area contributed by atoms with Crippen molar-refractivity contribution < 1.29 is 13.2 Å². The molecule has 0 amide bonds. The molecule has 16 heavy (non-hydrogen) atoms. The van der Waals surface area contributed by atoms with Crippen molar-refractivity contribution in [1.29, 1.82) is 0 Å². The number of methoxy groups -OCH3 is 1. The molecule has 1 aromatic heterocycles. The topological polar surface area (TPSA) is 56.3 Å². The highest BCUT2D eigenvalue weighted by molar-refractivity contribution is 8.14. The maximum absolute atomic E-state index is 11.4. The van der Waals surface area contributed by atoms with Gasteiger partial charge in [-0.2, -0.15) is 0 Å². The van der Waals surface area contributed by atoms with E-state index >= 15 is 0 Å². The Balaban J connectivity index is 2.90. The lowest BCUT2D eigenvalue weighted by Crippen LogP contribution is -1.94. The first-order chi connectivity index (χ1) is 7.54. The second kappa shape index (κ2) is 3.92. The molecule has 4 nitrogen and oxygen atoms in total. The Hall–Kier alpha value is -1.33. The maximum Gasteiger partial charge on any atom is 0.261 e. The molecule has 0 bridgehead atoms. The molecule has 0 saturated heterocycles. The molecule has 2 rings (SSSR count). The van der Waals surface area contributed by atoms with Gasteiger partial charge in [0.2, 0.25) is 5.88 Å². The van der Waals surface area contributed by atoms with Crippen molar-refractivity contribution in [2.45, 2.75) is 4.90 Å². The lowest BCUT2D eigenvalue weighted by Gasteiger charge is -2.06. The molecule has 1 heterocycles. The third-order valence-corrected chi connectivity index (χ3v) is 3.57. The summed E-state index contributed by atoms with van der Waals surface area (Å²) in [6, 6.07) is 6.37. The monoisotopic (exact) mass is 257 g/mol. The van der Waals surface area contributed by atoms with Gasteiger partial charge in [0.25, 0.3) is 9.05 Å². The fraction of sp³-hybridized carbons (Fsp3) is 0.100. The van der Waals surface area contributed by atoms with Crippen molar-refractivity contribution in [3.05, 3.63) is 30.5 Å². The first-order valence-corrected chi connectivity index (χ1v) is 6.71. The molecular weight excluding hydrogens is 250 g/mol. The summed E-state index contributed by atoms with van der Waals surface area (Å²) < 4.78 is 27.7. The van der Waals surface area contributed by atoms with Gasteiger partial charge in [0.05, 0.1) is 12.0 Å². The highest BCUT2D eigenvalue weighted by Gasteiger charge is 2.15. The third-order valence-electron chi connectivity index (χ3n) is 2.19. The van der Waals surface area contributed by atoms with E-state index in [-0.39, 0.29) is 4.90 Å². The van der Waals surface area contributed by atoms with E-state index in [1.807, 2.05) is 0 Å². The summed E-state index contributed by atoms with van der Waals surface area (Å²) >= 11 is 0. The van der Waals surface area contributed by atoms with Gasteiger partial charge >= 0.3 is 0 Å². The molecule has 0 atom stereocenters. The zero-order chi connectivity index (χ0) is 11.8. The van der Waals surface area contributed by atoms with Crippen molar-refractivity contribution in [3.8, 4) is 5.88 Å². The summed E-state index contributed by atoms with van der Waals surface area (Å²) in [4.78, 5) is 4.05. The molecule has 0 aliphatic carbocycles. The standard InChI is InChI=1S/C10H8ClNO3S/c1-15-10-8-3-2-4-9(16(11,13)14)7(8)5-6-12-10/h2-6H,1H3. The Kier molecular flexibility index (Phi) is 2.73. The highest BCUT2D eigenvalue weighted by atomic mass is 35.7. The number of hydrogen-bond acceptors (Lipinski definition) is 4. The number of benzene rings is 1. The van der Waals surface area contributed by atoms with E-state index in [9.17, 15) is 8.42 Å². The molecule has 0 saturated carbocycles. The predicted octanol–water partition coefficient (Wildman–Crippen LogP) is 2.17. The highest BCUT2D eigenvalue weighted by Crippen LogP contribution is 2.29. The maximum atomic E-state index is 11.4. The third kappa shape index (κ3) is 1.83. The molecule has 0 radical (unpaired) electrons. The smallest absolute Gasteiger partial charge is 0.261 e. The Bertz CT molecular complexity index is 640. The predicted molar refractivity (Wildman–Crippen MR) is 61.3 cm³/mol. The number of hydrogen-bond donors (Lipinski definition) is 0. The Labute approximate surface area is 97.2 Å². The molecule has 0 fully saturated rings. The van der Waals surface area contributed by atoms with E-state index in [4.69, 9.17) is 15.4 Å². The van der Waals surface area contributed by atoms with Gasteiger partial charge in [0, 0.05) is 27.7 Å². The molecular formula is C10H8ClNO3S. The fourth-order valence-corrected chi connectivity index (χ4v) is 2.61. The minimum Gasteiger partial charge on any atom is -0.481 e. The number of aromatic nitrogens is 1. The number of halogens is 1. The Morgan fingerprint density at radius 3 is 2.62 bits per heavy atom. The van der Waals surface area contributed by atoms with Crippen LogP contribution in [0.3, 0.4) is 0 Å². The molecule has 0 unspecified atom stereocenters. The average molecular weight is 258 g/mol. The SMILES string of the molecule is COc1nccc2c(S(=O)(=O)Cl)cccc12. The van der Waals surface area contributed by atoms with E-state index in [0.717, 1.165) is 0 Å². The minimum absolute atomic E-state index is 0.0624. The van der Waals surface area contributed by atoms with Crippen LogP contribution in [0.1, 0.15) is 0 Å². The summed E-state index contributed by atoms with van der Waals surface area (Å²) in [5.74, 6) is 0.375. The van der Waals surface area contributed by atoms with Gasteiger partial charge in [-0.3, -0.25) is 0 Å². The number of nitrogens with zero attached hydrogens (tertiary/aromatic N) is 1. The summed E-state index contributed by atoms with van der Waals surface area (Å²) in [6.45, 7) is 0. The van der Waals surface area contributed by atoms with Crippen LogP contribution in [-0.2, 0) is 9.05 Å². The van der Waals surface area contributed by atoms with Crippen LogP contribution >= 0.6 is 10.7 Å². The lowest BCUT2D eigenvalue weighted by atomic mass is 10.2. The molecule has 0 N–H and O–H groups in total. The second-order valence-electron chi connectivity index (χ2n) is 3.11. The molecule has 0 aliphatic rings. The van der Waals surface area contributed by atoms with Crippen LogP contribution in [-0.4, -0.2) is 20.5 Å². The number of pyridine rings is 1. The molecule has 1 aromatic carbocycles. The van der Waals surface area contributed by atoms with Crippen molar-refractivity contribution in [2.24, 2.45) is 0 Å². The van der Waals surface area contributed by atoms with Gasteiger partial charge in [-0.1, -0.05) is 6.07 Å². The van der Waals surface area contributed by atoms with E-state index < -0.39 is 9.05 Å².